The van der Waals surface area contributed by atoms with Gasteiger partial charge in [-0.05, 0) is 39.5 Å². The Morgan fingerprint density at radius 3 is 2.52 bits per heavy atom. The van der Waals surface area contributed by atoms with E-state index in [9.17, 15) is 9.59 Å². The van der Waals surface area contributed by atoms with Gasteiger partial charge in [0.1, 0.15) is 10.0 Å². The molecule has 0 radical (unpaired) electrons. The summed E-state index contributed by atoms with van der Waals surface area (Å²) in [6, 6.07) is -0.0230. The molecule has 1 N–H and O–H groups in total. The van der Waals surface area contributed by atoms with Crippen LogP contribution in [0.15, 0.2) is 0 Å². The van der Waals surface area contributed by atoms with Crippen LogP contribution in [0.25, 0.3) is 0 Å². The topological polar surface area (TPSA) is 104 Å². The number of hydrogen-bond acceptors (Lipinski definition) is 6. The summed E-state index contributed by atoms with van der Waals surface area (Å²) in [5, 5.41) is 16.9. The predicted molar refractivity (Wildman–Crippen MR) is 101 cm³/mol. The maximum absolute atomic E-state index is 13.3. The van der Waals surface area contributed by atoms with Gasteiger partial charge in [-0.25, -0.2) is 0 Å². The number of likely N-dealkylation sites (tertiary alicyclic amines) is 2. The van der Waals surface area contributed by atoms with Crippen molar-refractivity contribution in [3.8, 4) is 0 Å². The minimum absolute atomic E-state index is 0.0230. The highest BCUT2D eigenvalue weighted by molar-refractivity contribution is 7.11. The molecule has 9 heteroatoms. The number of nitrogens with zero attached hydrogens (tertiary/aromatic N) is 4. The molecule has 8 nitrogen and oxygen atoms in total. The molecule has 3 rings (SSSR count). The van der Waals surface area contributed by atoms with Gasteiger partial charge in [0.2, 0.25) is 11.8 Å². The SMILES string of the molecule is CCC(=O)N1CCC[C@@]2(CCCN(Cc3nnc(C)s3)C2=O)[C@H]1C.O=CO. The second-order valence-electron chi connectivity index (χ2n) is 7.03. The lowest BCUT2D eigenvalue weighted by molar-refractivity contribution is -0.160. The highest BCUT2D eigenvalue weighted by Crippen LogP contribution is 2.44. The third kappa shape index (κ3) is 4.45. The fourth-order valence-electron chi connectivity index (χ4n) is 4.25. The van der Waals surface area contributed by atoms with Gasteiger partial charge >= 0.3 is 0 Å². The number of aryl methyl sites for hydroxylation is 1. The Morgan fingerprint density at radius 1 is 1.33 bits per heavy atom. The van der Waals surface area contributed by atoms with Crippen LogP contribution in [0.3, 0.4) is 0 Å². The molecule has 1 spiro atoms. The predicted octanol–water partition coefficient (Wildman–Crippen LogP) is 2.08. The van der Waals surface area contributed by atoms with Gasteiger partial charge in [0.05, 0.1) is 12.0 Å². The summed E-state index contributed by atoms with van der Waals surface area (Å²) < 4.78 is 0. The molecule has 2 amide bonds. The summed E-state index contributed by atoms with van der Waals surface area (Å²) in [4.78, 5) is 37.8. The maximum atomic E-state index is 13.3. The average Bonchev–Trinajstić information content (AvgIpc) is 3.06. The fourth-order valence-corrected chi connectivity index (χ4v) is 4.98. The summed E-state index contributed by atoms with van der Waals surface area (Å²) in [6.07, 6.45) is 4.16. The molecular formula is C18H28N4O4S. The fraction of sp³-hybridized carbons (Fsp3) is 0.722. The molecule has 0 saturated carbocycles. The molecule has 2 atom stereocenters. The highest BCUT2D eigenvalue weighted by atomic mass is 32.1. The minimum Gasteiger partial charge on any atom is -0.483 e. The number of rotatable bonds is 3. The Bertz CT molecular complexity index is 676. The first kappa shape index (κ1) is 21.3. The molecule has 2 aliphatic heterocycles. The van der Waals surface area contributed by atoms with Crippen molar-refractivity contribution in [1.29, 1.82) is 0 Å². The smallest absolute Gasteiger partial charge is 0.290 e. The molecule has 0 aromatic carbocycles. The minimum atomic E-state index is -0.416. The molecule has 1 aromatic rings. The van der Waals surface area contributed by atoms with Crippen molar-refractivity contribution in [1.82, 2.24) is 20.0 Å². The number of aromatic nitrogens is 2. The largest absolute Gasteiger partial charge is 0.483 e. The Balaban J connectivity index is 0.000000817. The van der Waals surface area contributed by atoms with Gasteiger partial charge in [0.15, 0.2) is 0 Å². The van der Waals surface area contributed by atoms with E-state index in [1.807, 2.05) is 23.6 Å². The number of piperidine rings is 2. The van der Waals surface area contributed by atoms with Gasteiger partial charge in [-0.15, -0.1) is 10.2 Å². The van der Waals surface area contributed by atoms with Gasteiger partial charge in [-0.2, -0.15) is 0 Å². The first-order chi connectivity index (χ1) is 12.9. The van der Waals surface area contributed by atoms with E-state index in [0.29, 0.717) is 13.0 Å². The van der Waals surface area contributed by atoms with E-state index >= 15 is 0 Å². The molecular weight excluding hydrogens is 368 g/mol. The van der Waals surface area contributed by atoms with Gasteiger partial charge in [0, 0.05) is 25.6 Å². The van der Waals surface area contributed by atoms with E-state index in [1.54, 1.807) is 11.3 Å². The molecule has 0 unspecified atom stereocenters. The van der Waals surface area contributed by atoms with Gasteiger partial charge < -0.3 is 14.9 Å². The van der Waals surface area contributed by atoms with Crippen LogP contribution >= 0.6 is 11.3 Å². The quantitative estimate of drug-likeness (QED) is 0.785. The van der Waals surface area contributed by atoms with Crippen LogP contribution in [0.2, 0.25) is 0 Å². The molecule has 2 saturated heterocycles. The van der Waals surface area contributed by atoms with Crippen molar-refractivity contribution in [2.45, 2.75) is 65.5 Å². The van der Waals surface area contributed by atoms with Crippen molar-refractivity contribution in [3.63, 3.8) is 0 Å². The van der Waals surface area contributed by atoms with Crippen LogP contribution in [0, 0.1) is 12.3 Å². The van der Waals surface area contributed by atoms with E-state index in [2.05, 4.69) is 17.1 Å². The summed E-state index contributed by atoms with van der Waals surface area (Å²) in [6.45, 7) is 7.72. The first-order valence-electron chi connectivity index (χ1n) is 9.35. The lowest BCUT2D eigenvalue weighted by Crippen LogP contribution is -2.61. The standard InChI is InChI=1S/C17H26N4O2S.CH2O2/c1-4-15(22)21-10-6-8-17(12(21)2)7-5-9-20(16(17)23)11-14-19-18-13(3)24-14;2-1-3/h12H,4-11H2,1-3H3;1H,(H,2,3)/t12-,17+;/m1./s1. The van der Waals surface area contributed by atoms with Crippen molar-refractivity contribution in [3.05, 3.63) is 10.0 Å². The molecule has 1 aromatic heterocycles. The van der Waals surface area contributed by atoms with Crippen LogP contribution < -0.4 is 0 Å². The van der Waals surface area contributed by atoms with E-state index in [1.165, 1.54) is 0 Å². The zero-order chi connectivity index (χ0) is 20.0. The zero-order valence-corrected chi connectivity index (χ0v) is 17.0. The summed E-state index contributed by atoms with van der Waals surface area (Å²) in [5.41, 5.74) is -0.416. The lowest BCUT2D eigenvalue weighted by Gasteiger charge is -2.51. The van der Waals surface area contributed by atoms with Crippen LogP contribution in [-0.4, -0.2) is 62.5 Å². The monoisotopic (exact) mass is 396 g/mol. The van der Waals surface area contributed by atoms with Crippen molar-refractivity contribution in [2.24, 2.45) is 5.41 Å². The highest BCUT2D eigenvalue weighted by Gasteiger charge is 2.52. The summed E-state index contributed by atoms with van der Waals surface area (Å²) in [7, 11) is 0. The van der Waals surface area contributed by atoms with Crippen LogP contribution in [0.5, 0.6) is 0 Å². The van der Waals surface area contributed by atoms with Crippen LogP contribution in [-0.2, 0) is 20.9 Å². The Labute approximate surface area is 163 Å². The molecule has 0 bridgehead atoms. The molecule has 27 heavy (non-hydrogen) atoms. The first-order valence-corrected chi connectivity index (χ1v) is 10.2. The molecule has 3 heterocycles. The number of carboxylic acid groups (broad SMARTS) is 1. The Kier molecular flexibility index (Phi) is 7.29. The van der Waals surface area contributed by atoms with Crippen molar-refractivity contribution >= 4 is 29.6 Å². The van der Waals surface area contributed by atoms with E-state index in [-0.39, 0.29) is 24.3 Å². The second kappa shape index (κ2) is 9.25. The third-order valence-electron chi connectivity index (χ3n) is 5.57. The number of hydrogen-bond donors (Lipinski definition) is 1. The van der Waals surface area contributed by atoms with Crippen LogP contribution in [0.1, 0.15) is 56.0 Å². The molecule has 2 fully saturated rings. The van der Waals surface area contributed by atoms with E-state index in [4.69, 9.17) is 9.90 Å². The second-order valence-corrected chi connectivity index (χ2v) is 8.29. The van der Waals surface area contributed by atoms with Gasteiger partial charge in [-0.3, -0.25) is 14.4 Å². The normalized spacial score (nSPS) is 25.1. The molecule has 150 valence electrons. The lowest BCUT2D eigenvalue weighted by atomic mass is 9.67. The van der Waals surface area contributed by atoms with Gasteiger partial charge in [-0.1, -0.05) is 18.3 Å². The van der Waals surface area contributed by atoms with Crippen LogP contribution in [0.4, 0.5) is 0 Å². The zero-order valence-electron chi connectivity index (χ0n) is 16.2. The number of carbonyl (C=O) groups excluding carboxylic acids is 2. The average molecular weight is 397 g/mol. The van der Waals surface area contributed by atoms with Gasteiger partial charge in [0.25, 0.3) is 6.47 Å². The third-order valence-corrected chi connectivity index (χ3v) is 6.39. The summed E-state index contributed by atoms with van der Waals surface area (Å²) >= 11 is 1.55. The number of amides is 2. The Morgan fingerprint density at radius 2 is 1.96 bits per heavy atom. The van der Waals surface area contributed by atoms with Crippen molar-refractivity contribution in [2.75, 3.05) is 13.1 Å². The van der Waals surface area contributed by atoms with E-state index in [0.717, 1.165) is 48.8 Å². The molecule has 0 aliphatic carbocycles. The van der Waals surface area contributed by atoms with E-state index < -0.39 is 5.41 Å². The molecule has 2 aliphatic rings. The number of carbonyl (C=O) groups is 3. The maximum Gasteiger partial charge on any atom is 0.290 e. The Hall–Kier alpha value is -2.03. The van der Waals surface area contributed by atoms with Crippen molar-refractivity contribution < 1.29 is 19.5 Å². The summed E-state index contributed by atoms with van der Waals surface area (Å²) in [5.74, 6) is 0.356.